The largest absolute Gasteiger partial charge is 0.508 e. The number of benzene rings is 2. The van der Waals surface area contributed by atoms with Gasteiger partial charge in [0.1, 0.15) is 11.3 Å². The summed E-state index contributed by atoms with van der Waals surface area (Å²) < 4.78 is 5.39. The van der Waals surface area contributed by atoms with Crippen molar-refractivity contribution in [2.24, 2.45) is 0 Å². The Morgan fingerprint density at radius 2 is 1.80 bits per heavy atom. The van der Waals surface area contributed by atoms with E-state index >= 15 is 0 Å². The van der Waals surface area contributed by atoms with Crippen LogP contribution in [0, 0.1) is 0 Å². The van der Waals surface area contributed by atoms with E-state index in [1.54, 1.807) is 0 Å². The molecule has 1 heterocycles. The van der Waals surface area contributed by atoms with E-state index in [-0.39, 0.29) is 39.0 Å². The Balaban J connectivity index is 2.51. The predicted octanol–water partition coefficient (Wildman–Crippen LogP) is 2.06. The Bertz CT molecular complexity index is 922. The number of hydrogen-bond acceptors (Lipinski definition) is 5. The topological polar surface area (TPSA) is 108 Å². The SMILES string of the molecule is O=C(O)c1ccc2oc3c(O)cc(O)cc3c(=O)c2c1. The van der Waals surface area contributed by atoms with Gasteiger partial charge in [0.2, 0.25) is 5.43 Å². The normalized spacial score (nSPS) is 11.0. The van der Waals surface area contributed by atoms with Crippen LogP contribution in [0.2, 0.25) is 0 Å². The van der Waals surface area contributed by atoms with E-state index in [2.05, 4.69) is 0 Å². The lowest BCUT2D eigenvalue weighted by atomic mass is 10.1. The Morgan fingerprint density at radius 1 is 1.05 bits per heavy atom. The molecule has 0 fully saturated rings. The number of carboxylic acid groups (broad SMARTS) is 1. The van der Waals surface area contributed by atoms with Gasteiger partial charge in [-0.1, -0.05) is 0 Å². The number of carboxylic acids is 1. The number of rotatable bonds is 1. The second-order valence-corrected chi connectivity index (χ2v) is 4.29. The van der Waals surface area contributed by atoms with E-state index in [0.29, 0.717) is 0 Å². The third-order valence-electron chi connectivity index (χ3n) is 2.98. The maximum atomic E-state index is 12.3. The molecular weight excluding hydrogens is 264 g/mol. The fourth-order valence-corrected chi connectivity index (χ4v) is 2.06. The van der Waals surface area contributed by atoms with Crippen molar-refractivity contribution in [2.45, 2.75) is 0 Å². The molecule has 0 unspecified atom stereocenters. The fourth-order valence-electron chi connectivity index (χ4n) is 2.06. The minimum Gasteiger partial charge on any atom is -0.508 e. The number of phenols is 2. The molecule has 0 spiro atoms. The summed E-state index contributed by atoms with van der Waals surface area (Å²) >= 11 is 0. The number of phenolic OH excluding ortho intramolecular Hbond substituents is 2. The van der Waals surface area contributed by atoms with Gasteiger partial charge in [-0.05, 0) is 24.3 Å². The number of fused-ring (bicyclic) bond motifs is 2. The number of aromatic carboxylic acids is 1. The lowest BCUT2D eigenvalue weighted by molar-refractivity contribution is 0.0697. The van der Waals surface area contributed by atoms with E-state index < -0.39 is 11.4 Å². The lowest BCUT2D eigenvalue weighted by Gasteiger charge is -2.04. The molecule has 1 aromatic heterocycles. The molecule has 0 aliphatic carbocycles. The molecule has 2 aromatic carbocycles. The maximum Gasteiger partial charge on any atom is 0.335 e. The summed E-state index contributed by atoms with van der Waals surface area (Å²) in [6, 6.07) is 6.07. The minimum atomic E-state index is -1.16. The molecule has 6 heteroatoms. The van der Waals surface area contributed by atoms with Crippen LogP contribution in [0.4, 0.5) is 0 Å². The van der Waals surface area contributed by atoms with Gasteiger partial charge in [0, 0.05) is 6.07 Å². The predicted molar refractivity (Wildman–Crippen MR) is 70.3 cm³/mol. The average Bonchev–Trinajstić information content (AvgIpc) is 2.40. The molecule has 20 heavy (non-hydrogen) atoms. The third-order valence-corrected chi connectivity index (χ3v) is 2.98. The molecule has 3 rings (SSSR count). The first-order valence-corrected chi connectivity index (χ1v) is 5.63. The molecule has 3 aromatic rings. The summed E-state index contributed by atoms with van der Waals surface area (Å²) in [4.78, 5) is 23.2. The highest BCUT2D eigenvalue weighted by molar-refractivity contribution is 5.97. The number of aromatic hydroxyl groups is 2. The molecule has 100 valence electrons. The molecule has 0 saturated heterocycles. The van der Waals surface area contributed by atoms with Crippen molar-refractivity contribution < 1.29 is 24.5 Å². The molecule has 0 saturated carbocycles. The zero-order valence-corrected chi connectivity index (χ0v) is 9.95. The Hall–Kier alpha value is -3.02. The van der Waals surface area contributed by atoms with Crippen molar-refractivity contribution >= 4 is 27.9 Å². The van der Waals surface area contributed by atoms with E-state index in [9.17, 15) is 19.8 Å². The summed E-state index contributed by atoms with van der Waals surface area (Å²) in [5.41, 5.74) is -0.457. The molecule has 0 radical (unpaired) electrons. The van der Waals surface area contributed by atoms with Crippen LogP contribution in [-0.2, 0) is 0 Å². The van der Waals surface area contributed by atoms with Crippen LogP contribution in [0.25, 0.3) is 21.9 Å². The molecule has 0 aliphatic rings. The first-order chi connectivity index (χ1) is 9.47. The van der Waals surface area contributed by atoms with Crippen molar-refractivity contribution in [1.82, 2.24) is 0 Å². The van der Waals surface area contributed by atoms with Crippen LogP contribution in [-0.4, -0.2) is 21.3 Å². The number of carbonyl (C=O) groups is 1. The average molecular weight is 272 g/mol. The molecule has 3 N–H and O–H groups in total. The van der Waals surface area contributed by atoms with E-state index in [0.717, 1.165) is 12.1 Å². The van der Waals surface area contributed by atoms with Crippen LogP contribution in [0.3, 0.4) is 0 Å². The van der Waals surface area contributed by atoms with E-state index in [1.807, 2.05) is 0 Å². The van der Waals surface area contributed by atoms with Crippen LogP contribution >= 0.6 is 0 Å². The van der Waals surface area contributed by atoms with Gasteiger partial charge in [-0.25, -0.2) is 4.79 Å². The minimum absolute atomic E-state index is 0.0162. The Labute approximate surface area is 111 Å². The van der Waals surface area contributed by atoms with Gasteiger partial charge in [-0.15, -0.1) is 0 Å². The van der Waals surface area contributed by atoms with Gasteiger partial charge in [0.05, 0.1) is 16.3 Å². The monoisotopic (exact) mass is 272 g/mol. The summed E-state index contributed by atoms with van der Waals surface area (Å²) in [6.45, 7) is 0. The van der Waals surface area contributed by atoms with Gasteiger partial charge in [0.25, 0.3) is 0 Å². The highest BCUT2D eigenvalue weighted by Gasteiger charge is 2.14. The fraction of sp³-hybridized carbons (Fsp3) is 0. The lowest BCUT2D eigenvalue weighted by Crippen LogP contribution is -2.04. The maximum absolute atomic E-state index is 12.3. The van der Waals surface area contributed by atoms with E-state index in [1.165, 1.54) is 18.2 Å². The van der Waals surface area contributed by atoms with E-state index in [4.69, 9.17) is 9.52 Å². The summed E-state index contributed by atoms with van der Waals surface area (Å²) in [6.07, 6.45) is 0. The first-order valence-electron chi connectivity index (χ1n) is 5.63. The second kappa shape index (κ2) is 3.99. The van der Waals surface area contributed by atoms with Crippen molar-refractivity contribution in [1.29, 1.82) is 0 Å². The molecule has 0 aliphatic heterocycles. The van der Waals surface area contributed by atoms with Crippen LogP contribution in [0.15, 0.2) is 39.5 Å². The van der Waals surface area contributed by atoms with Gasteiger partial charge < -0.3 is 19.7 Å². The molecule has 0 amide bonds. The van der Waals surface area contributed by atoms with Gasteiger partial charge in [-0.2, -0.15) is 0 Å². The van der Waals surface area contributed by atoms with Crippen LogP contribution in [0.1, 0.15) is 10.4 Å². The molecule has 0 bridgehead atoms. The van der Waals surface area contributed by atoms with Crippen molar-refractivity contribution in [2.75, 3.05) is 0 Å². The second-order valence-electron chi connectivity index (χ2n) is 4.29. The zero-order valence-electron chi connectivity index (χ0n) is 9.95. The summed E-state index contributed by atoms with van der Waals surface area (Å²) in [5.74, 6) is -1.80. The zero-order chi connectivity index (χ0) is 14.4. The van der Waals surface area contributed by atoms with Crippen LogP contribution in [0.5, 0.6) is 11.5 Å². The Kier molecular flexibility index (Phi) is 2.40. The Morgan fingerprint density at radius 3 is 2.50 bits per heavy atom. The quantitative estimate of drug-likeness (QED) is 0.585. The molecular formula is C14H8O6. The number of hydrogen-bond donors (Lipinski definition) is 3. The van der Waals surface area contributed by atoms with Gasteiger partial charge in [0.15, 0.2) is 11.3 Å². The van der Waals surface area contributed by atoms with Crippen molar-refractivity contribution in [3.8, 4) is 11.5 Å². The van der Waals surface area contributed by atoms with Gasteiger partial charge in [-0.3, -0.25) is 4.79 Å². The highest BCUT2D eigenvalue weighted by atomic mass is 16.4. The highest BCUT2D eigenvalue weighted by Crippen LogP contribution is 2.30. The third kappa shape index (κ3) is 1.66. The van der Waals surface area contributed by atoms with Crippen molar-refractivity contribution in [3.63, 3.8) is 0 Å². The molecule has 0 atom stereocenters. The molecule has 6 nitrogen and oxygen atoms in total. The summed E-state index contributed by atoms with van der Waals surface area (Å²) in [7, 11) is 0. The summed E-state index contributed by atoms with van der Waals surface area (Å²) in [5, 5.41) is 28.1. The van der Waals surface area contributed by atoms with Crippen LogP contribution < -0.4 is 5.43 Å². The first kappa shape index (κ1) is 12.0. The smallest absolute Gasteiger partial charge is 0.335 e. The van der Waals surface area contributed by atoms with Gasteiger partial charge >= 0.3 is 5.97 Å². The van der Waals surface area contributed by atoms with Crippen molar-refractivity contribution in [3.05, 3.63) is 46.1 Å². The standard InChI is InChI=1S/C14H8O6/c15-7-4-9-12(17)8-3-6(14(18)19)1-2-11(8)20-13(9)10(16)5-7/h1-5,15-16H,(H,18,19).